The fourth-order valence-electron chi connectivity index (χ4n) is 6.24. The Labute approximate surface area is 182 Å². The number of hydrogen-bond acceptors (Lipinski definition) is 3. The Morgan fingerprint density at radius 3 is 2.58 bits per heavy atom. The molecular formula is C27H27N3O. The molecule has 31 heavy (non-hydrogen) atoms. The van der Waals surface area contributed by atoms with E-state index in [4.69, 9.17) is 9.62 Å². The third-order valence-corrected chi connectivity index (χ3v) is 7.59. The molecule has 4 nitrogen and oxygen atoms in total. The minimum Gasteiger partial charge on any atom is -0.361 e. The van der Waals surface area contributed by atoms with Crippen molar-refractivity contribution in [1.82, 2.24) is 14.9 Å². The molecule has 0 saturated heterocycles. The van der Waals surface area contributed by atoms with E-state index in [1.165, 1.54) is 27.9 Å². The maximum atomic E-state index is 5.68. The normalized spacial score (nSPS) is 24.3. The minimum absolute atomic E-state index is 0.0143. The van der Waals surface area contributed by atoms with Crippen LogP contribution in [0, 0.1) is 5.92 Å². The first-order chi connectivity index (χ1) is 15.1. The molecule has 3 atom stereocenters. The second kappa shape index (κ2) is 6.94. The highest BCUT2D eigenvalue weighted by molar-refractivity contribution is 5.66. The summed E-state index contributed by atoms with van der Waals surface area (Å²) in [5, 5.41) is 9.38. The minimum atomic E-state index is 0.0143. The van der Waals surface area contributed by atoms with Crippen LogP contribution in [0.2, 0.25) is 0 Å². The molecule has 0 saturated carbocycles. The number of hydrogen-bond donors (Lipinski definition) is 0. The van der Waals surface area contributed by atoms with E-state index in [2.05, 4.69) is 84.3 Å². The first-order valence-corrected chi connectivity index (χ1v) is 11.3. The van der Waals surface area contributed by atoms with Gasteiger partial charge in [0.2, 0.25) is 0 Å². The Balaban J connectivity index is 1.55. The second-order valence-corrected chi connectivity index (χ2v) is 9.43. The van der Waals surface area contributed by atoms with E-state index < -0.39 is 0 Å². The summed E-state index contributed by atoms with van der Waals surface area (Å²) in [5.41, 5.74) is 7.75. The SMILES string of the molecule is C[C@H]1c2oncc2C[C@@]2(C)c3c(c(-c4ccccc4)nn3Cc3ccccc3)CC[C@H]12. The van der Waals surface area contributed by atoms with Gasteiger partial charge in [0.15, 0.2) is 0 Å². The summed E-state index contributed by atoms with van der Waals surface area (Å²) in [6, 6.07) is 21.3. The molecule has 2 aliphatic rings. The summed E-state index contributed by atoms with van der Waals surface area (Å²) in [6.07, 6.45) is 5.10. The van der Waals surface area contributed by atoms with Gasteiger partial charge in [-0.3, -0.25) is 4.68 Å². The summed E-state index contributed by atoms with van der Waals surface area (Å²) in [6.45, 7) is 5.55. The van der Waals surface area contributed by atoms with Crippen LogP contribution in [-0.2, 0) is 24.8 Å². The van der Waals surface area contributed by atoms with Crippen LogP contribution in [-0.4, -0.2) is 14.9 Å². The van der Waals surface area contributed by atoms with Crippen LogP contribution in [0.15, 0.2) is 71.4 Å². The van der Waals surface area contributed by atoms with E-state index in [-0.39, 0.29) is 5.41 Å². The van der Waals surface area contributed by atoms with Crippen LogP contribution in [0.1, 0.15) is 54.3 Å². The van der Waals surface area contributed by atoms with Crippen molar-refractivity contribution < 1.29 is 4.52 Å². The molecule has 156 valence electrons. The fraction of sp³-hybridized carbons (Fsp3) is 0.333. The lowest BCUT2D eigenvalue weighted by Crippen LogP contribution is -2.45. The average Bonchev–Trinajstić information content (AvgIpc) is 3.40. The highest BCUT2D eigenvalue weighted by Crippen LogP contribution is 2.54. The van der Waals surface area contributed by atoms with Crippen LogP contribution < -0.4 is 0 Å². The van der Waals surface area contributed by atoms with Crippen LogP contribution in [0.25, 0.3) is 11.3 Å². The highest BCUT2D eigenvalue weighted by atomic mass is 16.5. The van der Waals surface area contributed by atoms with Crippen LogP contribution in [0.5, 0.6) is 0 Å². The lowest BCUT2D eigenvalue weighted by Gasteiger charge is -2.47. The maximum absolute atomic E-state index is 5.68. The van der Waals surface area contributed by atoms with Crippen molar-refractivity contribution in [2.45, 2.75) is 51.0 Å². The lowest BCUT2D eigenvalue weighted by molar-refractivity contribution is 0.167. The van der Waals surface area contributed by atoms with Crippen molar-refractivity contribution in [2.24, 2.45) is 5.92 Å². The van der Waals surface area contributed by atoms with Gasteiger partial charge in [0.25, 0.3) is 0 Å². The number of nitrogens with zero attached hydrogens (tertiary/aromatic N) is 3. The average molecular weight is 410 g/mol. The van der Waals surface area contributed by atoms with Gasteiger partial charge in [0.05, 0.1) is 18.4 Å². The van der Waals surface area contributed by atoms with Crippen LogP contribution in [0.3, 0.4) is 0 Å². The summed E-state index contributed by atoms with van der Waals surface area (Å²) in [7, 11) is 0. The predicted octanol–water partition coefficient (Wildman–Crippen LogP) is 5.77. The van der Waals surface area contributed by atoms with Crippen molar-refractivity contribution in [3.63, 3.8) is 0 Å². The van der Waals surface area contributed by atoms with Crippen molar-refractivity contribution in [3.8, 4) is 11.3 Å². The smallest absolute Gasteiger partial charge is 0.143 e. The van der Waals surface area contributed by atoms with E-state index in [1.54, 1.807) is 0 Å². The molecule has 2 heterocycles. The molecule has 6 rings (SSSR count). The van der Waals surface area contributed by atoms with Crippen LogP contribution in [0.4, 0.5) is 0 Å². The molecule has 0 fully saturated rings. The van der Waals surface area contributed by atoms with Crippen molar-refractivity contribution in [2.75, 3.05) is 0 Å². The largest absolute Gasteiger partial charge is 0.361 e. The molecule has 2 aromatic carbocycles. The Bertz CT molecular complexity index is 1220. The van der Waals surface area contributed by atoms with Gasteiger partial charge in [-0.25, -0.2) is 0 Å². The van der Waals surface area contributed by atoms with E-state index in [9.17, 15) is 0 Å². The quantitative estimate of drug-likeness (QED) is 0.432. The predicted molar refractivity (Wildman–Crippen MR) is 121 cm³/mol. The molecule has 0 amide bonds. The number of benzene rings is 2. The van der Waals surface area contributed by atoms with E-state index in [0.29, 0.717) is 11.8 Å². The maximum Gasteiger partial charge on any atom is 0.143 e. The summed E-state index contributed by atoms with van der Waals surface area (Å²) in [4.78, 5) is 0. The zero-order chi connectivity index (χ0) is 21.0. The summed E-state index contributed by atoms with van der Waals surface area (Å²) >= 11 is 0. The molecule has 0 spiro atoms. The fourth-order valence-corrected chi connectivity index (χ4v) is 6.24. The molecule has 2 aromatic heterocycles. The van der Waals surface area contributed by atoms with Crippen molar-refractivity contribution in [3.05, 3.63) is 95.0 Å². The summed E-state index contributed by atoms with van der Waals surface area (Å²) < 4.78 is 7.97. The van der Waals surface area contributed by atoms with Gasteiger partial charge < -0.3 is 4.52 Å². The van der Waals surface area contributed by atoms with Gasteiger partial charge in [-0.2, -0.15) is 5.10 Å². The molecule has 4 heteroatoms. The van der Waals surface area contributed by atoms with E-state index in [0.717, 1.165) is 37.3 Å². The molecular weight excluding hydrogens is 382 g/mol. The third kappa shape index (κ3) is 2.81. The molecule has 0 aliphatic heterocycles. The molecule has 4 aromatic rings. The molecule has 0 N–H and O–H groups in total. The number of rotatable bonds is 3. The molecule has 0 bridgehead atoms. The zero-order valence-corrected chi connectivity index (χ0v) is 18.1. The van der Waals surface area contributed by atoms with Gasteiger partial charge in [0, 0.05) is 33.7 Å². The zero-order valence-electron chi connectivity index (χ0n) is 18.1. The van der Waals surface area contributed by atoms with Gasteiger partial charge in [0.1, 0.15) is 5.76 Å². The Morgan fingerprint density at radius 2 is 1.81 bits per heavy atom. The molecule has 2 aliphatic carbocycles. The van der Waals surface area contributed by atoms with Gasteiger partial charge >= 0.3 is 0 Å². The topological polar surface area (TPSA) is 43.9 Å². The van der Waals surface area contributed by atoms with Gasteiger partial charge in [-0.05, 0) is 30.7 Å². The van der Waals surface area contributed by atoms with Gasteiger partial charge in [-0.1, -0.05) is 79.7 Å². The number of fused-ring (bicyclic) bond motifs is 4. The standard InChI is InChI=1S/C27H27N3O/c1-18-23-14-13-22-24(20-11-7-4-8-12-20)29-30(17-19-9-5-3-6-10-19)26(22)27(23,2)15-21-16-28-31-25(18)21/h3-12,16,18,23H,13-15,17H2,1-2H3/t18-,23-,27-/m1/s1. The molecule has 0 unspecified atom stereocenters. The highest BCUT2D eigenvalue weighted by Gasteiger charge is 2.51. The van der Waals surface area contributed by atoms with Crippen molar-refractivity contribution >= 4 is 0 Å². The molecule has 0 radical (unpaired) electrons. The lowest BCUT2D eigenvalue weighted by atomic mass is 9.56. The summed E-state index contributed by atoms with van der Waals surface area (Å²) in [5.74, 6) is 1.98. The monoisotopic (exact) mass is 409 g/mol. The third-order valence-electron chi connectivity index (χ3n) is 7.59. The van der Waals surface area contributed by atoms with Crippen LogP contribution >= 0.6 is 0 Å². The van der Waals surface area contributed by atoms with E-state index in [1.807, 2.05) is 6.20 Å². The first kappa shape index (κ1) is 18.6. The van der Waals surface area contributed by atoms with E-state index >= 15 is 0 Å². The Hall–Kier alpha value is -3.14. The second-order valence-electron chi connectivity index (χ2n) is 9.43. The number of aromatic nitrogens is 3. The Morgan fingerprint density at radius 1 is 1.06 bits per heavy atom. The van der Waals surface area contributed by atoms with Crippen molar-refractivity contribution in [1.29, 1.82) is 0 Å². The first-order valence-electron chi connectivity index (χ1n) is 11.3. The van der Waals surface area contributed by atoms with Gasteiger partial charge in [-0.15, -0.1) is 0 Å². The Kier molecular flexibility index (Phi) is 4.17.